The zero-order chi connectivity index (χ0) is 18.0. The topological polar surface area (TPSA) is 48.0 Å². The van der Waals surface area contributed by atoms with Crippen molar-refractivity contribution in [2.75, 3.05) is 0 Å². The van der Waals surface area contributed by atoms with Gasteiger partial charge in [0.1, 0.15) is 0 Å². The number of carbonyl (C=O) groups excluding carboxylic acids is 1. The Balaban J connectivity index is 2.00. The van der Waals surface area contributed by atoms with Crippen molar-refractivity contribution in [2.45, 2.75) is 26.8 Å². The van der Waals surface area contributed by atoms with E-state index in [0.717, 1.165) is 40.5 Å². The Bertz CT molecular complexity index is 910. The summed E-state index contributed by atoms with van der Waals surface area (Å²) >= 11 is 6.28. The number of carbonyl (C=O) groups is 1. The highest BCUT2D eigenvalue weighted by molar-refractivity contribution is 6.31. The molecule has 0 fully saturated rings. The minimum absolute atomic E-state index is 0.401. The van der Waals surface area contributed by atoms with Crippen molar-refractivity contribution in [1.82, 2.24) is 4.57 Å². The van der Waals surface area contributed by atoms with Gasteiger partial charge in [0.2, 0.25) is 0 Å². The quantitative estimate of drug-likeness (QED) is 0.706. The molecule has 0 unspecified atom stereocenters. The predicted molar refractivity (Wildman–Crippen MR) is 103 cm³/mol. The Morgan fingerprint density at radius 2 is 1.76 bits per heavy atom. The first-order valence-electron chi connectivity index (χ1n) is 8.27. The normalized spacial score (nSPS) is 10.8. The first-order valence-corrected chi connectivity index (χ1v) is 8.65. The zero-order valence-corrected chi connectivity index (χ0v) is 15.2. The zero-order valence-electron chi connectivity index (χ0n) is 14.4. The average Bonchev–Trinajstić information content (AvgIpc) is 2.92. The fourth-order valence-corrected chi connectivity index (χ4v) is 3.31. The van der Waals surface area contributed by atoms with Gasteiger partial charge >= 0.3 is 0 Å². The van der Waals surface area contributed by atoms with E-state index < -0.39 is 5.91 Å². The summed E-state index contributed by atoms with van der Waals surface area (Å²) in [5, 5.41) is 0.763. The van der Waals surface area contributed by atoms with E-state index in [2.05, 4.69) is 35.8 Å². The fraction of sp³-hybridized carbons (Fsp3) is 0.190. The van der Waals surface area contributed by atoms with Gasteiger partial charge in [-0.05, 0) is 43.5 Å². The van der Waals surface area contributed by atoms with Crippen LogP contribution in [0, 0.1) is 13.8 Å². The molecule has 0 aliphatic heterocycles. The third kappa shape index (κ3) is 3.62. The monoisotopic (exact) mass is 352 g/mol. The van der Waals surface area contributed by atoms with Crippen LogP contribution in [0.1, 0.15) is 27.2 Å². The van der Waals surface area contributed by atoms with Gasteiger partial charge in [0.25, 0.3) is 5.91 Å². The molecule has 1 aromatic heterocycles. The lowest BCUT2D eigenvalue weighted by molar-refractivity contribution is 0.0999. The molecular weight excluding hydrogens is 332 g/mol. The standard InChI is InChI=1S/C21H21ClN2O/c1-14-7-9-17(10-8-14)20-13-18(21(23)25)15(2)24(20)12-11-16-5-3-4-6-19(16)22/h3-10,13H,11-12H2,1-2H3,(H2,23,25). The maximum absolute atomic E-state index is 11.8. The molecule has 0 aliphatic carbocycles. The summed E-state index contributed by atoms with van der Waals surface area (Å²) < 4.78 is 2.15. The van der Waals surface area contributed by atoms with Gasteiger partial charge in [0, 0.05) is 23.0 Å². The molecule has 128 valence electrons. The number of halogens is 1. The molecule has 2 aromatic carbocycles. The third-order valence-electron chi connectivity index (χ3n) is 4.54. The molecule has 3 nitrogen and oxygen atoms in total. The van der Waals surface area contributed by atoms with E-state index in [1.165, 1.54) is 5.56 Å². The minimum Gasteiger partial charge on any atom is -0.366 e. The van der Waals surface area contributed by atoms with Gasteiger partial charge < -0.3 is 10.3 Å². The van der Waals surface area contributed by atoms with Crippen LogP contribution in [0.25, 0.3) is 11.3 Å². The van der Waals surface area contributed by atoms with E-state index in [9.17, 15) is 4.79 Å². The highest BCUT2D eigenvalue weighted by Crippen LogP contribution is 2.27. The largest absolute Gasteiger partial charge is 0.366 e. The molecule has 3 aromatic rings. The van der Waals surface area contributed by atoms with Gasteiger partial charge in [-0.15, -0.1) is 0 Å². The minimum atomic E-state index is -0.401. The van der Waals surface area contributed by atoms with Crippen LogP contribution in [-0.4, -0.2) is 10.5 Å². The lowest BCUT2D eigenvalue weighted by Gasteiger charge is -2.13. The SMILES string of the molecule is Cc1ccc(-c2cc(C(N)=O)c(C)n2CCc2ccccc2Cl)cc1. The first-order chi connectivity index (χ1) is 12.0. The van der Waals surface area contributed by atoms with Gasteiger partial charge in [-0.3, -0.25) is 4.79 Å². The van der Waals surface area contributed by atoms with Crippen LogP contribution >= 0.6 is 11.6 Å². The summed E-state index contributed by atoms with van der Waals surface area (Å²) in [5.74, 6) is -0.401. The highest BCUT2D eigenvalue weighted by atomic mass is 35.5. The second kappa shape index (κ2) is 7.16. The molecule has 25 heavy (non-hydrogen) atoms. The molecule has 0 radical (unpaired) electrons. The number of aromatic nitrogens is 1. The van der Waals surface area contributed by atoms with Gasteiger partial charge in [-0.1, -0.05) is 59.6 Å². The lowest BCUT2D eigenvalue weighted by Crippen LogP contribution is -2.13. The van der Waals surface area contributed by atoms with Gasteiger partial charge in [-0.2, -0.15) is 0 Å². The molecule has 2 N–H and O–H groups in total. The molecular formula is C21H21ClN2O. The number of primary amides is 1. The summed E-state index contributed by atoms with van der Waals surface area (Å²) in [7, 11) is 0. The number of hydrogen-bond donors (Lipinski definition) is 1. The Morgan fingerprint density at radius 1 is 1.08 bits per heavy atom. The Kier molecular flexibility index (Phi) is 4.95. The number of benzene rings is 2. The molecule has 0 bridgehead atoms. The van der Waals surface area contributed by atoms with Crippen molar-refractivity contribution in [2.24, 2.45) is 5.73 Å². The lowest BCUT2D eigenvalue weighted by atomic mass is 10.1. The van der Waals surface area contributed by atoms with Gasteiger partial charge in [0.05, 0.1) is 5.56 Å². The van der Waals surface area contributed by atoms with Crippen molar-refractivity contribution < 1.29 is 4.79 Å². The van der Waals surface area contributed by atoms with Crippen molar-refractivity contribution >= 4 is 17.5 Å². The summed E-state index contributed by atoms with van der Waals surface area (Å²) in [5.41, 5.74) is 11.4. The maximum Gasteiger partial charge on any atom is 0.250 e. The molecule has 0 aliphatic rings. The van der Waals surface area contributed by atoms with Crippen LogP contribution < -0.4 is 5.73 Å². The second-order valence-electron chi connectivity index (χ2n) is 6.25. The van der Waals surface area contributed by atoms with E-state index in [1.807, 2.05) is 37.3 Å². The second-order valence-corrected chi connectivity index (χ2v) is 6.66. The first kappa shape index (κ1) is 17.3. The van der Waals surface area contributed by atoms with Crippen LogP contribution in [0.5, 0.6) is 0 Å². The summed E-state index contributed by atoms with van der Waals surface area (Å²) in [6.07, 6.45) is 0.784. The van der Waals surface area contributed by atoms with E-state index in [4.69, 9.17) is 17.3 Å². The predicted octanol–water partition coefficient (Wildman–Crippen LogP) is 4.77. The van der Waals surface area contributed by atoms with Crippen LogP contribution in [0.15, 0.2) is 54.6 Å². The molecule has 1 amide bonds. The van der Waals surface area contributed by atoms with Gasteiger partial charge in [0.15, 0.2) is 0 Å². The van der Waals surface area contributed by atoms with E-state index >= 15 is 0 Å². The average molecular weight is 353 g/mol. The van der Waals surface area contributed by atoms with Crippen LogP contribution in [0.4, 0.5) is 0 Å². The summed E-state index contributed by atoms with van der Waals surface area (Å²) in [6, 6.07) is 18.0. The number of nitrogens with zero attached hydrogens (tertiary/aromatic N) is 1. The molecule has 3 rings (SSSR count). The van der Waals surface area contributed by atoms with Crippen molar-refractivity contribution in [3.8, 4) is 11.3 Å². The van der Waals surface area contributed by atoms with E-state index in [-0.39, 0.29) is 0 Å². The third-order valence-corrected chi connectivity index (χ3v) is 4.91. The van der Waals surface area contributed by atoms with Crippen LogP contribution in [0.3, 0.4) is 0 Å². The summed E-state index contributed by atoms with van der Waals surface area (Å²) in [6.45, 7) is 4.72. The highest BCUT2D eigenvalue weighted by Gasteiger charge is 2.16. The molecule has 4 heteroatoms. The smallest absolute Gasteiger partial charge is 0.250 e. The van der Waals surface area contributed by atoms with Crippen LogP contribution in [-0.2, 0) is 13.0 Å². The van der Waals surface area contributed by atoms with Crippen molar-refractivity contribution in [3.05, 3.63) is 82.0 Å². The number of amides is 1. The van der Waals surface area contributed by atoms with Crippen molar-refractivity contribution in [3.63, 3.8) is 0 Å². The van der Waals surface area contributed by atoms with Crippen LogP contribution in [0.2, 0.25) is 5.02 Å². The number of nitrogens with two attached hydrogens (primary N) is 1. The van der Waals surface area contributed by atoms with Gasteiger partial charge in [-0.25, -0.2) is 0 Å². The molecule has 0 atom stereocenters. The molecule has 1 heterocycles. The Labute approximate surface area is 153 Å². The molecule has 0 saturated carbocycles. The van der Waals surface area contributed by atoms with Crippen molar-refractivity contribution in [1.29, 1.82) is 0 Å². The van der Waals surface area contributed by atoms with E-state index in [1.54, 1.807) is 0 Å². The summed E-state index contributed by atoms with van der Waals surface area (Å²) in [4.78, 5) is 11.8. The maximum atomic E-state index is 11.8. The van der Waals surface area contributed by atoms with E-state index in [0.29, 0.717) is 5.56 Å². The fourth-order valence-electron chi connectivity index (χ4n) is 3.08. The Morgan fingerprint density at radius 3 is 2.40 bits per heavy atom. The Hall–Kier alpha value is -2.52. The number of hydrogen-bond acceptors (Lipinski definition) is 1. The number of aryl methyl sites for hydroxylation is 2. The number of rotatable bonds is 5. The molecule has 0 saturated heterocycles. The molecule has 0 spiro atoms.